The van der Waals surface area contributed by atoms with Crippen LogP contribution in [0.15, 0.2) is 81.7 Å². The Morgan fingerprint density at radius 2 is 1.76 bits per heavy atom. The summed E-state index contributed by atoms with van der Waals surface area (Å²) in [7, 11) is 2.16. The minimum atomic E-state index is -4.53. The molecule has 244 valence electrons. The van der Waals surface area contributed by atoms with Crippen LogP contribution in [-0.2, 0) is 6.18 Å². The van der Waals surface area contributed by atoms with Crippen molar-refractivity contribution in [3.8, 4) is 0 Å². The van der Waals surface area contributed by atoms with E-state index in [0.717, 1.165) is 69.8 Å². The number of carbonyl (C=O) groups excluding carboxylic acids is 1. The van der Waals surface area contributed by atoms with Crippen LogP contribution >= 0.6 is 0 Å². The van der Waals surface area contributed by atoms with Gasteiger partial charge in [-0.25, -0.2) is 4.99 Å². The van der Waals surface area contributed by atoms with Gasteiger partial charge >= 0.3 is 6.18 Å². The Labute approximate surface area is 266 Å². The van der Waals surface area contributed by atoms with Crippen molar-refractivity contribution in [3.63, 3.8) is 0 Å². The van der Waals surface area contributed by atoms with Gasteiger partial charge in [-0.15, -0.1) is 0 Å². The number of rotatable bonds is 6. The normalized spacial score (nSPS) is 20.6. The summed E-state index contributed by atoms with van der Waals surface area (Å²) in [6.07, 6.45) is -0.883. The first kappa shape index (κ1) is 32.7. The van der Waals surface area contributed by atoms with E-state index in [0.29, 0.717) is 17.7 Å². The first-order valence-corrected chi connectivity index (χ1v) is 15.1. The van der Waals surface area contributed by atoms with E-state index in [-0.39, 0.29) is 34.3 Å². The van der Waals surface area contributed by atoms with E-state index in [1.807, 2.05) is 6.92 Å². The van der Waals surface area contributed by atoms with Crippen LogP contribution in [-0.4, -0.2) is 90.5 Å². The molecule has 0 radical (unpaired) electrons. The molecule has 0 spiro atoms. The number of aliphatic imine (C=N–C) groups is 3. The topological polar surface area (TPSA) is 140 Å². The summed E-state index contributed by atoms with van der Waals surface area (Å²) in [5.41, 5.74) is 14.1. The predicted molar refractivity (Wildman–Crippen MR) is 176 cm³/mol. The lowest BCUT2D eigenvalue weighted by molar-refractivity contribution is -0.137. The van der Waals surface area contributed by atoms with E-state index in [1.54, 1.807) is 18.2 Å². The lowest BCUT2D eigenvalue weighted by Crippen LogP contribution is -2.54. The van der Waals surface area contributed by atoms with Crippen LogP contribution in [0.2, 0.25) is 0 Å². The summed E-state index contributed by atoms with van der Waals surface area (Å²) < 4.78 is 39.4. The molecule has 14 heteroatoms. The van der Waals surface area contributed by atoms with E-state index in [2.05, 4.69) is 48.9 Å². The molecule has 11 nitrogen and oxygen atoms in total. The Balaban J connectivity index is 1.34. The van der Waals surface area contributed by atoms with Crippen LogP contribution in [0.4, 0.5) is 24.5 Å². The van der Waals surface area contributed by atoms with Crippen LogP contribution in [0.1, 0.15) is 34.3 Å². The molecule has 2 saturated heterocycles. The summed E-state index contributed by atoms with van der Waals surface area (Å²) in [5.74, 6) is 0.123. The van der Waals surface area contributed by atoms with Crippen molar-refractivity contribution in [3.05, 3.63) is 83.5 Å². The third-order valence-electron chi connectivity index (χ3n) is 8.39. The number of benzene rings is 2. The molecule has 0 bridgehead atoms. The minimum Gasteiger partial charge on any atom is -0.383 e. The van der Waals surface area contributed by atoms with E-state index in [4.69, 9.17) is 16.5 Å². The van der Waals surface area contributed by atoms with E-state index in [9.17, 15) is 18.0 Å². The zero-order chi connectivity index (χ0) is 33.0. The van der Waals surface area contributed by atoms with Crippen molar-refractivity contribution in [2.75, 3.05) is 56.9 Å². The van der Waals surface area contributed by atoms with Gasteiger partial charge in [0.2, 0.25) is 5.96 Å². The van der Waals surface area contributed by atoms with Crippen LogP contribution < -0.4 is 22.1 Å². The largest absolute Gasteiger partial charge is 0.416 e. The van der Waals surface area contributed by atoms with Gasteiger partial charge in [0.1, 0.15) is 17.2 Å². The molecule has 46 heavy (non-hydrogen) atoms. The lowest BCUT2D eigenvalue weighted by atomic mass is 10.0. The molecular formula is C32H39F3N10O. The highest BCUT2D eigenvalue weighted by molar-refractivity contribution is 6.49. The van der Waals surface area contributed by atoms with E-state index in [1.165, 1.54) is 18.3 Å². The Kier molecular flexibility index (Phi) is 9.77. The number of hydrogen-bond acceptors (Lipinski definition) is 10. The maximum Gasteiger partial charge on any atom is 0.416 e. The number of nitrogens with zero attached hydrogens (tertiary/aromatic N) is 6. The minimum absolute atomic E-state index is 0.0211. The lowest BCUT2D eigenvalue weighted by Gasteiger charge is -2.42. The molecule has 0 saturated carbocycles. The van der Waals surface area contributed by atoms with Gasteiger partial charge in [0, 0.05) is 55.4 Å². The third-order valence-corrected chi connectivity index (χ3v) is 8.39. The fourth-order valence-electron chi connectivity index (χ4n) is 5.73. The van der Waals surface area contributed by atoms with E-state index < -0.39 is 17.6 Å². The standard InChI is InChI=1S/C32H39F3N10O/c1-4-38-26-27(41-31(42-28(26)36)45-16-14-44(15-17-45)24-10-12-43(3)13-11-24)29(37)40-25-18-21(9-8-20(25)2)30(46)39-23-7-5-6-22(19-23)32(33,34)35/h4-9,18-19,24,40H,1,10-17,37H2,2-3H3,(H,39,46)(H2,36,41,42)/b29-27-,38-26+. The molecule has 3 heterocycles. The summed E-state index contributed by atoms with van der Waals surface area (Å²) in [6, 6.07) is 9.86. The molecule has 3 aliphatic heterocycles. The average molecular weight is 637 g/mol. The first-order chi connectivity index (χ1) is 21.9. The maximum absolute atomic E-state index is 13.1. The number of hydrogen-bond donors (Lipinski definition) is 4. The molecule has 2 fully saturated rings. The molecule has 0 unspecified atom stereocenters. The predicted octanol–water partition coefficient (Wildman–Crippen LogP) is 3.83. The highest BCUT2D eigenvalue weighted by atomic mass is 19.4. The number of guanidine groups is 1. The third kappa shape index (κ3) is 7.57. The molecule has 3 aliphatic rings. The Hall–Kier alpha value is -4.69. The summed E-state index contributed by atoms with van der Waals surface area (Å²) in [6.45, 7) is 10.9. The molecule has 2 aromatic carbocycles. The number of nitrogens with one attached hydrogen (secondary N) is 2. The average Bonchev–Trinajstić information content (AvgIpc) is 3.03. The zero-order valence-corrected chi connectivity index (χ0v) is 25.9. The van der Waals surface area contributed by atoms with Gasteiger partial charge in [-0.2, -0.15) is 18.2 Å². The number of amidine groups is 1. The number of amides is 1. The van der Waals surface area contributed by atoms with Crippen LogP contribution in [0.3, 0.4) is 0 Å². The second-order valence-corrected chi connectivity index (χ2v) is 11.6. The number of nitrogens with two attached hydrogens (primary N) is 2. The van der Waals surface area contributed by atoms with Crippen LogP contribution in [0.25, 0.3) is 0 Å². The number of halogens is 3. The van der Waals surface area contributed by atoms with Crippen molar-refractivity contribution in [1.82, 2.24) is 14.7 Å². The highest BCUT2D eigenvalue weighted by Gasteiger charge is 2.31. The number of carbonyl (C=O) groups is 1. The number of piperidine rings is 1. The van der Waals surface area contributed by atoms with Crippen LogP contribution in [0, 0.1) is 6.92 Å². The monoisotopic (exact) mass is 636 g/mol. The Morgan fingerprint density at radius 3 is 2.43 bits per heavy atom. The SMILES string of the molecule is C=C/N=C1/C(N)=NC(N2CCN(C3CCN(C)CC3)CC2)=N/C1=C(/N)Nc1cc(C(=O)Nc2cccc(C(F)(F)F)c2)ccc1C. The molecule has 0 aliphatic carbocycles. The number of aryl methyl sites for hydroxylation is 1. The molecule has 0 aromatic heterocycles. The van der Waals surface area contributed by atoms with Crippen LogP contribution in [0.5, 0.6) is 0 Å². The fraction of sp³-hybridized carbons (Fsp3) is 0.375. The van der Waals surface area contributed by atoms with Crippen molar-refractivity contribution in [2.45, 2.75) is 32.0 Å². The number of piperazine rings is 1. The van der Waals surface area contributed by atoms with Gasteiger partial charge in [-0.05, 0) is 75.8 Å². The fourth-order valence-corrected chi connectivity index (χ4v) is 5.73. The molecule has 1 amide bonds. The number of anilines is 2. The molecule has 2 aromatic rings. The Bertz CT molecular complexity index is 1600. The molecule has 0 atom stereocenters. The van der Waals surface area contributed by atoms with Gasteiger partial charge in [-0.3, -0.25) is 14.7 Å². The smallest absolute Gasteiger partial charge is 0.383 e. The van der Waals surface area contributed by atoms with Gasteiger partial charge < -0.3 is 31.9 Å². The van der Waals surface area contributed by atoms with Gasteiger partial charge in [0.25, 0.3) is 5.91 Å². The molecular weight excluding hydrogens is 597 g/mol. The second-order valence-electron chi connectivity index (χ2n) is 11.6. The van der Waals surface area contributed by atoms with Crippen molar-refractivity contribution < 1.29 is 18.0 Å². The summed E-state index contributed by atoms with van der Waals surface area (Å²) >= 11 is 0. The van der Waals surface area contributed by atoms with E-state index >= 15 is 0 Å². The van der Waals surface area contributed by atoms with Crippen molar-refractivity contribution in [1.29, 1.82) is 0 Å². The Morgan fingerprint density at radius 1 is 1.04 bits per heavy atom. The summed E-state index contributed by atoms with van der Waals surface area (Å²) in [4.78, 5) is 33.6. The highest BCUT2D eigenvalue weighted by Crippen LogP contribution is 2.31. The number of likely N-dealkylation sites (tertiary alicyclic amines) is 1. The number of alkyl halides is 3. The zero-order valence-electron chi connectivity index (χ0n) is 25.9. The van der Waals surface area contributed by atoms with Gasteiger partial charge in [0.15, 0.2) is 5.84 Å². The second kappa shape index (κ2) is 13.7. The quantitative estimate of drug-likeness (QED) is 0.378. The van der Waals surface area contributed by atoms with Crippen molar-refractivity contribution >= 4 is 34.8 Å². The van der Waals surface area contributed by atoms with Gasteiger partial charge in [-0.1, -0.05) is 18.7 Å². The first-order valence-electron chi connectivity index (χ1n) is 15.1. The molecule has 6 N–H and O–H groups in total. The summed E-state index contributed by atoms with van der Waals surface area (Å²) in [5, 5.41) is 5.65. The van der Waals surface area contributed by atoms with Gasteiger partial charge in [0.05, 0.1) is 5.56 Å². The maximum atomic E-state index is 13.1. The molecule has 5 rings (SSSR count). The van der Waals surface area contributed by atoms with Crippen molar-refractivity contribution in [2.24, 2.45) is 26.4 Å².